The van der Waals surface area contributed by atoms with Crippen LogP contribution in [0.25, 0.3) is 11.0 Å². The van der Waals surface area contributed by atoms with Gasteiger partial charge in [-0.25, -0.2) is 9.37 Å². The van der Waals surface area contributed by atoms with Crippen LogP contribution in [-0.2, 0) is 7.05 Å². The van der Waals surface area contributed by atoms with Crippen LogP contribution in [-0.4, -0.2) is 15.8 Å². The number of aromatic nitrogens is 2. The summed E-state index contributed by atoms with van der Waals surface area (Å²) in [6.07, 6.45) is 0.651. The van der Waals surface area contributed by atoms with Crippen molar-refractivity contribution in [3.8, 4) is 0 Å². The Labute approximate surface area is 73.8 Å². The van der Waals surface area contributed by atoms with Crippen molar-refractivity contribution in [1.29, 1.82) is 0 Å². The number of benzene rings is 1. The highest BCUT2D eigenvalue weighted by Crippen LogP contribution is 2.14. The number of aryl methyl sites for hydroxylation is 1. The number of hydrogen-bond acceptors (Lipinski definition) is 2. The molecule has 0 N–H and O–H groups in total. The van der Waals surface area contributed by atoms with E-state index >= 15 is 0 Å². The molecule has 66 valence electrons. The largest absolute Gasteiger partial charge is 0.325 e. The third-order valence-corrected chi connectivity index (χ3v) is 1.98. The molecule has 2 aromatic rings. The maximum atomic E-state index is 12.8. The minimum absolute atomic E-state index is 0.306. The molecule has 0 atom stereocenters. The van der Waals surface area contributed by atoms with Gasteiger partial charge in [0.2, 0.25) is 0 Å². The third-order valence-electron chi connectivity index (χ3n) is 1.98. The van der Waals surface area contributed by atoms with Gasteiger partial charge in [-0.15, -0.1) is 0 Å². The number of halogens is 1. The Morgan fingerprint density at radius 2 is 2.31 bits per heavy atom. The van der Waals surface area contributed by atoms with Crippen molar-refractivity contribution in [2.45, 2.75) is 0 Å². The van der Waals surface area contributed by atoms with E-state index < -0.39 is 0 Å². The number of fused-ring (bicyclic) bond motifs is 1. The zero-order chi connectivity index (χ0) is 9.42. The summed E-state index contributed by atoms with van der Waals surface area (Å²) in [5.41, 5.74) is 1.26. The highest BCUT2D eigenvalue weighted by atomic mass is 19.1. The smallest absolute Gasteiger partial charge is 0.185 e. The quantitative estimate of drug-likeness (QED) is 0.620. The average Bonchev–Trinajstić information content (AvgIpc) is 2.44. The molecule has 13 heavy (non-hydrogen) atoms. The van der Waals surface area contributed by atoms with Crippen LogP contribution in [0.4, 0.5) is 4.39 Å². The Kier molecular flexibility index (Phi) is 1.62. The van der Waals surface area contributed by atoms with Crippen LogP contribution in [0.1, 0.15) is 10.6 Å². The van der Waals surface area contributed by atoms with E-state index in [4.69, 9.17) is 0 Å². The number of carbonyl (C=O) groups is 1. The fourth-order valence-corrected chi connectivity index (χ4v) is 1.29. The second-order valence-corrected chi connectivity index (χ2v) is 2.78. The molecule has 0 bridgehead atoms. The summed E-state index contributed by atoms with van der Waals surface area (Å²) in [6.45, 7) is 0. The van der Waals surface area contributed by atoms with Gasteiger partial charge in [-0.2, -0.15) is 0 Å². The van der Waals surface area contributed by atoms with Gasteiger partial charge >= 0.3 is 0 Å². The van der Waals surface area contributed by atoms with Gasteiger partial charge in [0.05, 0.1) is 11.0 Å². The fraction of sp³-hybridized carbons (Fsp3) is 0.111. The molecule has 4 heteroatoms. The van der Waals surface area contributed by atoms with Crippen LogP contribution in [0.3, 0.4) is 0 Å². The first-order valence-electron chi connectivity index (χ1n) is 3.79. The van der Waals surface area contributed by atoms with Crippen LogP contribution in [0.2, 0.25) is 0 Å². The predicted octanol–water partition coefficient (Wildman–Crippen LogP) is 1.52. The van der Waals surface area contributed by atoms with Crippen molar-refractivity contribution >= 4 is 17.3 Å². The van der Waals surface area contributed by atoms with E-state index in [9.17, 15) is 9.18 Å². The van der Waals surface area contributed by atoms with Crippen molar-refractivity contribution < 1.29 is 9.18 Å². The second kappa shape index (κ2) is 2.65. The van der Waals surface area contributed by atoms with Crippen molar-refractivity contribution in [2.75, 3.05) is 0 Å². The summed E-state index contributed by atoms with van der Waals surface area (Å²) in [6, 6.07) is 4.23. The summed E-state index contributed by atoms with van der Waals surface area (Å²) in [5, 5.41) is 0. The molecule has 1 aromatic heterocycles. The maximum absolute atomic E-state index is 12.8. The standard InChI is InChI=1S/C9H7FN2O/c1-12-8-4-6(10)2-3-7(8)11-9(12)5-13/h2-5H,1H3. The summed E-state index contributed by atoms with van der Waals surface area (Å²) in [5.74, 6) is -0.0199. The molecule has 0 amide bonds. The highest BCUT2D eigenvalue weighted by molar-refractivity contribution is 5.82. The van der Waals surface area contributed by atoms with Gasteiger partial charge in [-0.05, 0) is 18.2 Å². The molecular formula is C9H7FN2O. The van der Waals surface area contributed by atoms with Gasteiger partial charge in [0.1, 0.15) is 5.82 Å². The topological polar surface area (TPSA) is 34.9 Å². The molecule has 0 fully saturated rings. The lowest BCUT2D eigenvalue weighted by Gasteiger charge is -1.94. The minimum Gasteiger partial charge on any atom is -0.325 e. The monoisotopic (exact) mass is 178 g/mol. The van der Waals surface area contributed by atoms with E-state index in [1.807, 2.05) is 0 Å². The van der Waals surface area contributed by atoms with Crippen LogP contribution in [0.15, 0.2) is 18.2 Å². The molecule has 1 heterocycles. The van der Waals surface area contributed by atoms with Crippen molar-refractivity contribution in [3.63, 3.8) is 0 Å². The normalized spacial score (nSPS) is 10.6. The van der Waals surface area contributed by atoms with Gasteiger partial charge in [0, 0.05) is 7.05 Å². The highest BCUT2D eigenvalue weighted by Gasteiger charge is 2.06. The Bertz CT molecular complexity index is 476. The number of nitrogens with zero attached hydrogens (tertiary/aromatic N) is 2. The number of hydrogen-bond donors (Lipinski definition) is 0. The number of imidazole rings is 1. The molecule has 0 radical (unpaired) electrons. The van der Waals surface area contributed by atoms with Crippen LogP contribution < -0.4 is 0 Å². The van der Waals surface area contributed by atoms with E-state index in [0.717, 1.165) is 0 Å². The fourth-order valence-electron chi connectivity index (χ4n) is 1.29. The molecular weight excluding hydrogens is 171 g/mol. The zero-order valence-corrected chi connectivity index (χ0v) is 6.99. The molecule has 1 aromatic carbocycles. The van der Waals surface area contributed by atoms with Gasteiger partial charge in [0.25, 0.3) is 0 Å². The molecule has 0 unspecified atom stereocenters. The van der Waals surface area contributed by atoms with Crippen molar-refractivity contribution in [1.82, 2.24) is 9.55 Å². The van der Waals surface area contributed by atoms with E-state index in [-0.39, 0.29) is 5.82 Å². The minimum atomic E-state index is -0.326. The first kappa shape index (κ1) is 7.91. The molecule has 2 rings (SSSR count). The number of rotatable bonds is 1. The number of carbonyl (C=O) groups excluding carboxylic acids is 1. The molecule has 0 aliphatic rings. The van der Waals surface area contributed by atoms with Crippen LogP contribution in [0.5, 0.6) is 0 Å². The van der Waals surface area contributed by atoms with E-state index in [0.29, 0.717) is 23.1 Å². The van der Waals surface area contributed by atoms with Gasteiger partial charge in [0.15, 0.2) is 12.1 Å². The van der Waals surface area contributed by atoms with Gasteiger partial charge in [-0.1, -0.05) is 0 Å². The third kappa shape index (κ3) is 1.11. The molecule has 3 nitrogen and oxygen atoms in total. The summed E-state index contributed by atoms with van der Waals surface area (Å²) >= 11 is 0. The first-order valence-corrected chi connectivity index (χ1v) is 3.79. The Balaban J connectivity index is 2.84. The van der Waals surface area contributed by atoms with Crippen molar-refractivity contribution in [3.05, 3.63) is 29.8 Å². The number of aldehydes is 1. The Morgan fingerprint density at radius 1 is 1.54 bits per heavy atom. The van der Waals surface area contributed by atoms with E-state index in [2.05, 4.69) is 4.98 Å². The first-order chi connectivity index (χ1) is 6.22. The second-order valence-electron chi connectivity index (χ2n) is 2.78. The summed E-state index contributed by atoms with van der Waals surface area (Å²) in [4.78, 5) is 14.5. The lowest BCUT2D eigenvalue weighted by atomic mass is 10.3. The molecule has 0 aliphatic carbocycles. The Morgan fingerprint density at radius 3 is 3.00 bits per heavy atom. The van der Waals surface area contributed by atoms with Crippen LogP contribution in [0, 0.1) is 5.82 Å². The molecule has 0 saturated carbocycles. The molecule has 0 aliphatic heterocycles. The van der Waals surface area contributed by atoms with E-state index in [1.165, 1.54) is 12.1 Å². The van der Waals surface area contributed by atoms with E-state index in [1.54, 1.807) is 17.7 Å². The SMILES string of the molecule is Cn1c(C=O)nc2ccc(F)cc21. The maximum Gasteiger partial charge on any atom is 0.185 e. The summed E-state index contributed by atoms with van der Waals surface area (Å²) in [7, 11) is 1.68. The predicted molar refractivity (Wildman–Crippen MR) is 46.1 cm³/mol. The average molecular weight is 178 g/mol. The summed E-state index contributed by atoms with van der Waals surface area (Å²) < 4.78 is 14.4. The lowest BCUT2D eigenvalue weighted by molar-refractivity contribution is 0.111. The van der Waals surface area contributed by atoms with Gasteiger partial charge < -0.3 is 4.57 Å². The zero-order valence-electron chi connectivity index (χ0n) is 6.99. The Hall–Kier alpha value is -1.71. The molecule has 0 saturated heterocycles. The van der Waals surface area contributed by atoms with Crippen molar-refractivity contribution in [2.24, 2.45) is 7.05 Å². The molecule has 0 spiro atoms. The van der Waals surface area contributed by atoms with Crippen LogP contribution >= 0.6 is 0 Å². The lowest BCUT2D eigenvalue weighted by Crippen LogP contribution is -1.94. The van der Waals surface area contributed by atoms with Gasteiger partial charge in [-0.3, -0.25) is 4.79 Å².